The largest absolute Gasteiger partial charge is 0.392 e. The van der Waals surface area contributed by atoms with Crippen molar-refractivity contribution in [3.8, 4) is 0 Å². The highest BCUT2D eigenvalue weighted by atomic mass is 79.9. The van der Waals surface area contributed by atoms with Crippen molar-refractivity contribution in [1.29, 1.82) is 0 Å². The molecule has 1 amide bonds. The van der Waals surface area contributed by atoms with Gasteiger partial charge >= 0.3 is 0 Å². The van der Waals surface area contributed by atoms with E-state index in [9.17, 15) is 9.90 Å². The topological polar surface area (TPSA) is 65.5 Å². The molecular weight excluding hydrogens is 334 g/mol. The van der Waals surface area contributed by atoms with Crippen LogP contribution in [0.25, 0.3) is 0 Å². The molecular formula is C15H20BrN3O2. The summed E-state index contributed by atoms with van der Waals surface area (Å²) in [5, 5.41) is 12.8. The maximum atomic E-state index is 12.3. The number of carbonyl (C=O) groups is 1. The molecule has 1 aromatic rings. The number of rotatable bonds is 3. The van der Waals surface area contributed by atoms with E-state index in [1.807, 2.05) is 6.07 Å². The number of nitrogens with zero attached hydrogens (tertiary/aromatic N) is 2. The van der Waals surface area contributed by atoms with Gasteiger partial charge in [-0.1, -0.05) is 0 Å². The molecule has 1 unspecified atom stereocenters. The van der Waals surface area contributed by atoms with Crippen LogP contribution in [-0.2, 0) is 0 Å². The molecule has 2 fully saturated rings. The second-order valence-corrected chi connectivity index (χ2v) is 6.79. The van der Waals surface area contributed by atoms with E-state index < -0.39 is 0 Å². The zero-order valence-corrected chi connectivity index (χ0v) is 13.4. The molecule has 0 spiro atoms. The number of hydrogen-bond acceptors (Lipinski definition) is 4. The molecule has 2 N–H and O–H groups in total. The SMILES string of the molecule is O=C(N[C@@H]1CCC[C@@H]1N1CCC(O)C1)c1ccc(Br)cn1. The average Bonchev–Trinajstić information content (AvgIpc) is 3.08. The van der Waals surface area contributed by atoms with E-state index in [2.05, 4.69) is 31.1 Å². The quantitative estimate of drug-likeness (QED) is 0.865. The van der Waals surface area contributed by atoms with Gasteiger partial charge in [-0.15, -0.1) is 0 Å². The fourth-order valence-electron chi connectivity index (χ4n) is 3.37. The van der Waals surface area contributed by atoms with E-state index in [1.165, 1.54) is 0 Å². The van der Waals surface area contributed by atoms with Crippen LogP contribution < -0.4 is 5.32 Å². The van der Waals surface area contributed by atoms with Crippen molar-refractivity contribution < 1.29 is 9.90 Å². The molecule has 0 aromatic carbocycles. The Balaban J connectivity index is 1.63. The Hall–Kier alpha value is -0.980. The van der Waals surface area contributed by atoms with Crippen LogP contribution in [-0.4, -0.2) is 52.2 Å². The lowest BCUT2D eigenvalue weighted by Crippen LogP contribution is -2.48. The van der Waals surface area contributed by atoms with Gasteiger partial charge < -0.3 is 10.4 Å². The van der Waals surface area contributed by atoms with Gasteiger partial charge in [0.2, 0.25) is 0 Å². The number of likely N-dealkylation sites (tertiary alicyclic amines) is 1. The van der Waals surface area contributed by atoms with Crippen LogP contribution in [0.2, 0.25) is 0 Å². The van der Waals surface area contributed by atoms with Crippen LogP contribution >= 0.6 is 15.9 Å². The van der Waals surface area contributed by atoms with Gasteiger partial charge in [-0.2, -0.15) is 0 Å². The predicted molar refractivity (Wildman–Crippen MR) is 83.0 cm³/mol. The molecule has 2 aliphatic rings. The number of amides is 1. The second-order valence-electron chi connectivity index (χ2n) is 5.88. The van der Waals surface area contributed by atoms with E-state index in [4.69, 9.17) is 0 Å². The number of carbonyl (C=O) groups excluding carboxylic acids is 1. The van der Waals surface area contributed by atoms with Crippen LogP contribution in [0.1, 0.15) is 36.2 Å². The minimum absolute atomic E-state index is 0.112. The van der Waals surface area contributed by atoms with Crippen LogP contribution in [0.15, 0.2) is 22.8 Å². The smallest absolute Gasteiger partial charge is 0.270 e. The summed E-state index contributed by atoms with van der Waals surface area (Å²) in [6.45, 7) is 1.66. The number of halogens is 1. The summed E-state index contributed by atoms with van der Waals surface area (Å²) in [4.78, 5) is 18.7. The van der Waals surface area contributed by atoms with Crippen LogP contribution in [0, 0.1) is 0 Å². The summed E-state index contributed by atoms with van der Waals surface area (Å²) >= 11 is 3.32. The molecule has 1 aliphatic carbocycles. The molecule has 114 valence electrons. The summed E-state index contributed by atoms with van der Waals surface area (Å²) in [5.41, 5.74) is 0.449. The number of nitrogens with one attached hydrogen (secondary N) is 1. The molecule has 1 aromatic heterocycles. The molecule has 1 saturated heterocycles. The van der Waals surface area contributed by atoms with E-state index in [-0.39, 0.29) is 18.1 Å². The number of β-amino-alcohol motifs (C(OH)–C–C–N with tert-alkyl or cyclic N) is 1. The molecule has 3 atom stereocenters. The normalized spacial score (nSPS) is 29.7. The fraction of sp³-hybridized carbons (Fsp3) is 0.600. The highest BCUT2D eigenvalue weighted by Crippen LogP contribution is 2.27. The first-order chi connectivity index (χ1) is 10.1. The molecule has 0 radical (unpaired) electrons. The van der Waals surface area contributed by atoms with Crippen molar-refractivity contribution in [3.63, 3.8) is 0 Å². The minimum atomic E-state index is -0.213. The lowest BCUT2D eigenvalue weighted by atomic mass is 10.1. The van der Waals surface area contributed by atoms with Gasteiger partial charge in [0, 0.05) is 35.8 Å². The summed E-state index contributed by atoms with van der Waals surface area (Å²) < 4.78 is 0.865. The Kier molecular flexibility index (Phi) is 4.57. The monoisotopic (exact) mass is 353 g/mol. The number of aliphatic hydroxyl groups is 1. The van der Waals surface area contributed by atoms with Crippen LogP contribution in [0.4, 0.5) is 0 Å². The second kappa shape index (κ2) is 6.42. The van der Waals surface area contributed by atoms with E-state index in [0.29, 0.717) is 11.7 Å². The van der Waals surface area contributed by atoms with Gasteiger partial charge in [-0.25, -0.2) is 4.98 Å². The first-order valence-corrected chi connectivity index (χ1v) is 8.27. The first-order valence-electron chi connectivity index (χ1n) is 7.48. The first kappa shape index (κ1) is 14.9. The predicted octanol–water partition coefficient (Wildman–Crippen LogP) is 1.56. The third-order valence-electron chi connectivity index (χ3n) is 4.42. The highest BCUT2D eigenvalue weighted by Gasteiger charge is 2.36. The Morgan fingerprint density at radius 1 is 1.38 bits per heavy atom. The number of aromatic nitrogens is 1. The maximum absolute atomic E-state index is 12.3. The van der Waals surface area contributed by atoms with Gasteiger partial charge in [0.05, 0.1) is 6.10 Å². The molecule has 3 rings (SSSR count). The Morgan fingerprint density at radius 3 is 2.90 bits per heavy atom. The molecule has 21 heavy (non-hydrogen) atoms. The molecule has 2 heterocycles. The van der Waals surface area contributed by atoms with Crippen molar-refractivity contribution in [2.75, 3.05) is 13.1 Å². The Labute approximate surface area is 132 Å². The molecule has 5 nitrogen and oxygen atoms in total. The lowest BCUT2D eigenvalue weighted by Gasteiger charge is -2.29. The van der Waals surface area contributed by atoms with Gasteiger partial charge in [0.1, 0.15) is 5.69 Å². The van der Waals surface area contributed by atoms with Crippen molar-refractivity contribution in [3.05, 3.63) is 28.5 Å². The van der Waals surface area contributed by atoms with Crippen LogP contribution in [0.5, 0.6) is 0 Å². The zero-order chi connectivity index (χ0) is 14.8. The Morgan fingerprint density at radius 2 is 2.24 bits per heavy atom. The summed E-state index contributed by atoms with van der Waals surface area (Å²) in [5.74, 6) is -0.112. The molecule has 6 heteroatoms. The number of aliphatic hydroxyl groups excluding tert-OH is 1. The summed E-state index contributed by atoms with van der Waals surface area (Å²) in [6, 6.07) is 4.06. The number of pyridine rings is 1. The summed E-state index contributed by atoms with van der Waals surface area (Å²) in [6.07, 6.45) is 5.47. The average molecular weight is 354 g/mol. The van der Waals surface area contributed by atoms with Gasteiger partial charge in [-0.05, 0) is 53.7 Å². The van der Waals surface area contributed by atoms with Gasteiger partial charge in [0.25, 0.3) is 5.91 Å². The van der Waals surface area contributed by atoms with E-state index in [1.54, 1.807) is 12.3 Å². The number of hydrogen-bond donors (Lipinski definition) is 2. The third-order valence-corrected chi connectivity index (χ3v) is 4.89. The van der Waals surface area contributed by atoms with Crippen molar-refractivity contribution in [2.24, 2.45) is 0 Å². The lowest BCUT2D eigenvalue weighted by molar-refractivity contribution is 0.0901. The molecule has 1 saturated carbocycles. The van der Waals surface area contributed by atoms with Gasteiger partial charge in [0.15, 0.2) is 0 Å². The Bertz CT molecular complexity index is 508. The highest BCUT2D eigenvalue weighted by molar-refractivity contribution is 9.10. The van der Waals surface area contributed by atoms with Crippen molar-refractivity contribution in [2.45, 2.75) is 43.9 Å². The molecule has 0 bridgehead atoms. The fourth-order valence-corrected chi connectivity index (χ4v) is 3.60. The summed E-state index contributed by atoms with van der Waals surface area (Å²) in [7, 11) is 0. The van der Waals surface area contributed by atoms with E-state index >= 15 is 0 Å². The van der Waals surface area contributed by atoms with Crippen molar-refractivity contribution in [1.82, 2.24) is 15.2 Å². The maximum Gasteiger partial charge on any atom is 0.270 e. The third kappa shape index (κ3) is 3.44. The van der Waals surface area contributed by atoms with Crippen molar-refractivity contribution >= 4 is 21.8 Å². The van der Waals surface area contributed by atoms with Gasteiger partial charge in [-0.3, -0.25) is 9.69 Å². The van der Waals surface area contributed by atoms with Crippen LogP contribution in [0.3, 0.4) is 0 Å². The van der Waals surface area contributed by atoms with E-state index in [0.717, 1.165) is 43.2 Å². The standard InChI is InChI=1S/C15H20BrN3O2/c16-10-4-5-13(17-8-10)15(21)18-12-2-1-3-14(12)19-7-6-11(20)9-19/h4-5,8,11-12,14,20H,1-3,6-7,9H2,(H,18,21)/t11?,12-,14+/m1/s1. The minimum Gasteiger partial charge on any atom is -0.392 e. The zero-order valence-electron chi connectivity index (χ0n) is 11.8. The molecule has 1 aliphatic heterocycles.